The summed E-state index contributed by atoms with van der Waals surface area (Å²) in [4.78, 5) is 10.8. The molecule has 148 valence electrons. The van der Waals surface area contributed by atoms with Crippen LogP contribution in [-0.4, -0.2) is 23.7 Å². The number of carbonyl (C=O) groups is 1. The Morgan fingerprint density at radius 1 is 1.07 bits per heavy atom. The third kappa shape index (κ3) is 7.09. The smallest absolute Gasteiger partial charge is 0.388 e. The standard InChI is InChI=1S/C22H22F3NO2/c1-16-9-11-17(12-10-16)5-2-3-6-18-7-4-8-19(15-18)20(27)13-14-26-21(28)22(23,24)25/h4,7-12,15,20,27H,5-6,13-14H2,1H3,(H,26,28). The van der Waals surface area contributed by atoms with E-state index in [2.05, 4.69) is 11.8 Å². The first-order chi connectivity index (χ1) is 13.3. The Balaban J connectivity index is 1.85. The summed E-state index contributed by atoms with van der Waals surface area (Å²) in [5, 5.41) is 11.9. The topological polar surface area (TPSA) is 49.3 Å². The fourth-order valence-corrected chi connectivity index (χ4v) is 2.53. The van der Waals surface area contributed by atoms with E-state index in [4.69, 9.17) is 0 Å². The molecule has 1 unspecified atom stereocenters. The minimum Gasteiger partial charge on any atom is -0.388 e. The molecule has 0 heterocycles. The van der Waals surface area contributed by atoms with E-state index in [-0.39, 0.29) is 13.0 Å². The van der Waals surface area contributed by atoms with Crippen molar-refractivity contribution >= 4 is 5.91 Å². The Hall–Kier alpha value is -2.78. The third-order valence-corrected chi connectivity index (χ3v) is 4.13. The molecule has 0 saturated heterocycles. The van der Waals surface area contributed by atoms with E-state index in [0.29, 0.717) is 18.4 Å². The van der Waals surface area contributed by atoms with Crippen molar-refractivity contribution in [2.75, 3.05) is 6.54 Å². The number of aryl methyl sites for hydroxylation is 1. The molecular formula is C22H22F3NO2. The molecule has 2 rings (SSSR count). The summed E-state index contributed by atoms with van der Waals surface area (Å²) >= 11 is 0. The van der Waals surface area contributed by atoms with Crippen molar-refractivity contribution in [3.8, 4) is 11.8 Å². The van der Waals surface area contributed by atoms with E-state index in [1.165, 1.54) is 5.56 Å². The predicted molar refractivity (Wildman–Crippen MR) is 101 cm³/mol. The summed E-state index contributed by atoms with van der Waals surface area (Å²) in [5.41, 5.74) is 3.83. The molecule has 2 aromatic rings. The van der Waals surface area contributed by atoms with E-state index in [1.54, 1.807) is 23.5 Å². The van der Waals surface area contributed by atoms with E-state index in [0.717, 1.165) is 11.1 Å². The minimum atomic E-state index is -4.91. The Morgan fingerprint density at radius 3 is 2.36 bits per heavy atom. The van der Waals surface area contributed by atoms with E-state index in [1.807, 2.05) is 37.3 Å². The number of aliphatic hydroxyl groups is 1. The maximum atomic E-state index is 12.1. The van der Waals surface area contributed by atoms with Crippen LogP contribution in [0.4, 0.5) is 13.2 Å². The fraction of sp³-hybridized carbons (Fsp3) is 0.318. The highest BCUT2D eigenvalue weighted by Crippen LogP contribution is 2.19. The first-order valence-electron chi connectivity index (χ1n) is 8.89. The van der Waals surface area contributed by atoms with Crippen LogP contribution < -0.4 is 5.32 Å². The lowest BCUT2D eigenvalue weighted by Gasteiger charge is -2.13. The van der Waals surface area contributed by atoms with Crippen LogP contribution in [0.5, 0.6) is 0 Å². The summed E-state index contributed by atoms with van der Waals surface area (Å²) < 4.78 is 36.4. The summed E-state index contributed by atoms with van der Waals surface area (Å²) in [5.74, 6) is 4.20. The molecule has 0 bridgehead atoms. The van der Waals surface area contributed by atoms with Gasteiger partial charge in [0.15, 0.2) is 0 Å². The number of carbonyl (C=O) groups excluding carboxylic acids is 1. The van der Waals surface area contributed by atoms with Crippen LogP contribution in [-0.2, 0) is 17.6 Å². The molecule has 1 atom stereocenters. The first-order valence-corrected chi connectivity index (χ1v) is 8.89. The zero-order valence-electron chi connectivity index (χ0n) is 15.5. The van der Waals surface area contributed by atoms with Crippen LogP contribution in [0.25, 0.3) is 0 Å². The molecule has 3 nitrogen and oxygen atoms in total. The number of alkyl halides is 3. The molecule has 6 heteroatoms. The quantitative estimate of drug-likeness (QED) is 0.737. The van der Waals surface area contributed by atoms with Gasteiger partial charge in [-0.15, -0.1) is 0 Å². The molecule has 0 aliphatic rings. The van der Waals surface area contributed by atoms with Gasteiger partial charge in [0.2, 0.25) is 0 Å². The van der Waals surface area contributed by atoms with Gasteiger partial charge in [0.05, 0.1) is 6.10 Å². The maximum absolute atomic E-state index is 12.1. The molecule has 1 amide bonds. The number of halogens is 3. The number of rotatable bonds is 6. The Bertz CT molecular complexity index is 849. The van der Waals surface area contributed by atoms with Crippen molar-refractivity contribution in [2.24, 2.45) is 0 Å². The third-order valence-electron chi connectivity index (χ3n) is 4.13. The van der Waals surface area contributed by atoms with Gasteiger partial charge in [0, 0.05) is 19.4 Å². The Kier molecular flexibility index (Phi) is 7.65. The highest BCUT2D eigenvalue weighted by atomic mass is 19.4. The molecule has 28 heavy (non-hydrogen) atoms. The lowest BCUT2D eigenvalue weighted by atomic mass is 10.0. The molecule has 0 aliphatic carbocycles. The monoisotopic (exact) mass is 389 g/mol. The number of aliphatic hydroxyl groups excluding tert-OH is 1. The van der Waals surface area contributed by atoms with E-state index in [9.17, 15) is 23.1 Å². The number of hydrogen-bond acceptors (Lipinski definition) is 2. The molecule has 0 fully saturated rings. The van der Waals surface area contributed by atoms with Crippen LogP contribution in [0.2, 0.25) is 0 Å². The molecule has 2 aromatic carbocycles. The van der Waals surface area contributed by atoms with Gasteiger partial charge in [-0.05, 0) is 30.0 Å². The number of nitrogens with one attached hydrogen (secondary N) is 1. The largest absolute Gasteiger partial charge is 0.471 e. The Morgan fingerprint density at radius 2 is 1.71 bits per heavy atom. The highest BCUT2D eigenvalue weighted by Gasteiger charge is 2.38. The normalized spacial score (nSPS) is 12.0. The second-order valence-corrected chi connectivity index (χ2v) is 6.50. The first kappa shape index (κ1) is 21.5. The minimum absolute atomic E-state index is 0.00955. The van der Waals surface area contributed by atoms with Crippen molar-refractivity contribution in [2.45, 2.75) is 38.5 Å². The van der Waals surface area contributed by atoms with E-state index < -0.39 is 18.2 Å². The predicted octanol–water partition coefficient (Wildman–Crippen LogP) is 3.89. The van der Waals surface area contributed by atoms with Crippen LogP contribution in [0.3, 0.4) is 0 Å². The summed E-state index contributed by atoms with van der Waals surface area (Å²) in [7, 11) is 0. The molecule has 0 spiro atoms. The van der Waals surface area contributed by atoms with Crippen LogP contribution in [0.15, 0.2) is 48.5 Å². The highest BCUT2D eigenvalue weighted by molar-refractivity contribution is 5.81. The fourth-order valence-electron chi connectivity index (χ4n) is 2.53. The van der Waals surface area contributed by atoms with Crippen molar-refractivity contribution in [1.29, 1.82) is 0 Å². The van der Waals surface area contributed by atoms with Crippen molar-refractivity contribution < 1.29 is 23.1 Å². The van der Waals surface area contributed by atoms with E-state index >= 15 is 0 Å². The van der Waals surface area contributed by atoms with Gasteiger partial charge >= 0.3 is 12.1 Å². The second kappa shape index (κ2) is 9.95. The zero-order valence-corrected chi connectivity index (χ0v) is 15.5. The van der Waals surface area contributed by atoms with Gasteiger partial charge in [-0.3, -0.25) is 4.79 Å². The van der Waals surface area contributed by atoms with Gasteiger partial charge in [0.1, 0.15) is 0 Å². The average molecular weight is 389 g/mol. The van der Waals surface area contributed by atoms with Crippen molar-refractivity contribution in [3.63, 3.8) is 0 Å². The maximum Gasteiger partial charge on any atom is 0.471 e. The number of benzene rings is 2. The molecule has 0 radical (unpaired) electrons. The average Bonchev–Trinajstić information content (AvgIpc) is 2.66. The molecule has 0 saturated carbocycles. The van der Waals surface area contributed by atoms with Gasteiger partial charge < -0.3 is 10.4 Å². The SMILES string of the molecule is Cc1ccc(CC#CCc2cccc(C(O)CCNC(=O)C(F)(F)F)c2)cc1. The molecular weight excluding hydrogens is 367 g/mol. The molecule has 2 N–H and O–H groups in total. The van der Waals surface area contributed by atoms with Crippen LogP contribution in [0, 0.1) is 18.8 Å². The zero-order chi connectivity index (χ0) is 20.6. The van der Waals surface area contributed by atoms with Crippen molar-refractivity contribution in [1.82, 2.24) is 5.32 Å². The number of hydrogen-bond donors (Lipinski definition) is 2. The molecule has 0 aliphatic heterocycles. The summed E-state index contributed by atoms with van der Waals surface area (Å²) in [6.07, 6.45) is -4.72. The lowest BCUT2D eigenvalue weighted by molar-refractivity contribution is -0.173. The number of amides is 1. The second-order valence-electron chi connectivity index (χ2n) is 6.50. The van der Waals surface area contributed by atoms with Crippen LogP contribution in [0.1, 0.15) is 34.8 Å². The summed E-state index contributed by atoms with van der Waals surface area (Å²) in [6.45, 7) is 1.77. The van der Waals surface area contributed by atoms with Gasteiger partial charge in [-0.1, -0.05) is 65.9 Å². The summed E-state index contributed by atoms with van der Waals surface area (Å²) in [6, 6.07) is 15.3. The lowest BCUT2D eigenvalue weighted by Crippen LogP contribution is -2.37. The molecule has 0 aromatic heterocycles. The van der Waals surface area contributed by atoms with Gasteiger partial charge in [-0.25, -0.2) is 0 Å². The van der Waals surface area contributed by atoms with Crippen LogP contribution >= 0.6 is 0 Å². The van der Waals surface area contributed by atoms with Gasteiger partial charge in [-0.2, -0.15) is 13.2 Å². The Labute approximate surface area is 162 Å². The van der Waals surface area contributed by atoms with Crippen molar-refractivity contribution in [3.05, 3.63) is 70.8 Å². The van der Waals surface area contributed by atoms with Gasteiger partial charge in [0.25, 0.3) is 0 Å².